The highest BCUT2D eigenvalue weighted by molar-refractivity contribution is 6.30. The van der Waals surface area contributed by atoms with Gasteiger partial charge in [-0.25, -0.2) is 9.07 Å². The first-order chi connectivity index (χ1) is 20.7. The fourth-order valence-corrected chi connectivity index (χ4v) is 5.23. The fourth-order valence-electron chi connectivity index (χ4n) is 5.06. The van der Waals surface area contributed by atoms with Gasteiger partial charge in [0, 0.05) is 23.4 Å². The minimum Gasteiger partial charge on any atom is -0.469 e. The summed E-state index contributed by atoms with van der Waals surface area (Å²) in [5.74, 6) is -2.00. The number of aromatic nitrogens is 4. The summed E-state index contributed by atoms with van der Waals surface area (Å²) in [4.78, 5) is 43.1. The van der Waals surface area contributed by atoms with E-state index in [1.54, 1.807) is 25.3 Å². The Labute approximate surface area is 252 Å². The number of esters is 1. The van der Waals surface area contributed by atoms with Crippen molar-refractivity contribution in [3.8, 4) is 16.8 Å². The third-order valence-corrected chi connectivity index (χ3v) is 7.81. The van der Waals surface area contributed by atoms with Gasteiger partial charge in [0.05, 0.1) is 36.0 Å². The van der Waals surface area contributed by atoms with Gasteiger partial charge in [0.2, 0.25) is 5.91 Å². The van der Waals surface area contributed by atoms with Crippen LogP contribution in [0, 0.1) is 18.7 Å². The zero-order valence-electron chi connectivity index (χ0n) is 23.9. The summed E-state index contributed by atoms with van der Waals surface area (Å²) < 4.78 is 20.7. The molecule has 5 rings (SSSR count). The van der Waals surface area contributed by atoms with Gasteiger partial charge in [-0.3, -0.25) is 19.4 Å². The number of carbonyl (C=O) groups is 3. The maximum Gasteiger partial charge on any atom is 0.309 e. The van der Waals surface area contributed by atoms with Gasteiger partial charge in [-0.1, -0.05) is 48.4 Å². The molecule has 2 amide bonds. The van der Waals surface area contributed by atoms with Crippen molar-refractivity contribution in [1.82, 2.24) is 25.3 Å². The van der Waals surface area contributed by atoms with E-state index in [0.29, 0.717) is 41.9 Å². The van der Waals surface area contributed by atoms with E-state index in [4.69, 9.17) is 16.3 Å². The molecule has 0 saturated heterocycles. The molecule has 4 aromatic rings. The Kier molecular flexibility index (Phi) is 8.81. The van der Waals surface area contributed by atoms with Gasteiger partial charge in [0.15, 0.2) is 11.5 Å². The lowest BCUT2D eigenvalue weighted by Crippen LogP contribution is -2.30. The molecular weight excluding hydrogens is 575 g/mol. The van der Waals surface area contributed by atoms with Crippen molar-refractivity contribution in [2.24, 2.45) is 5.92 Å². The lowest BCUT2D eigenvalue weighted by atomic mass is 9.94. The minimum atomic E-state index is -0.666. The van der Waals surface area contributed by atoms with Crippen molar-refractivity contribution in [3.05, 3.63) is 88.2 Å². The van der Waals surface area contributed by atoms with Crippen LogP contribution in [0.15, 0.2) is 54.7 Å². The summed E-state index contributed by atoms with van der Waals surface area (Å²) in [6.07, 6.45) is 3.42. The molecule has 3 heterocycles. The van der Waals surface area contributed by atoms with Crippen LogP contribution in [0.25, 0.3) is 16.8 Å². The van der Waals surface area contributed by atoms with E-state index in [2.05, 4.69) is 25.9 Å². The van der Waals surface area contributed by atoms with Crippen LogP contribution >= 0.6 is 11.6 Å². The second-order valence-corrected chi connectivity index (χ2v) is 10.9. The Bertz CT molecular complexity index is 1710. The second kappa shape index (κ2) is 12.7. The highest BCUT2D eigenvalue weighted by Gasteiger charge is 2.25. The van der Waals surface area contributed by atoms with E-state index < -0.39 is 17.8 Å². The molecule has 2 N–H and O–H groups in total. The van der Waals surface area contributed by atoms with Gasteiger partial charge >= 0.3 is 5.97 Å². The highest BCUT2D eigenvalue weighted by Crippen LogP contribution is 2.33. The van der Waals surface area contributed by atoms with E-state index >= 15 is 0 Å². The number of halogens is 2. The molecule has 2 aromatic carbocycles. The Balaban J connectivity index is 1.48. The molecule has 2 atom stereocenters. The van der Waals surface area contributed by atoms with Gasteiger partial charge in [-0.05, 0) is 61.2 Å². The molecule has 0 radical (unpaired) electrons. The number of ether oxygens (including phenoxy) is 1. The smallest absolute Gasteiger partial charge is 0.309 e. The summed E-state index contributed by atoms with van der Waals surface area (Å²) in [7, 11) is 1.33. The molecule has 0 unspecified atom stereocenters. The monoisotopic (exact) mass is 604 g/mol. The molecule has 0 aliphatic carbocycles. The standard InChI is InChI=1S/C31H30ClFN6O4/c1-17-6-4-8-23(35-31(42)29-18(2)39(38-37-29)26-9-5-7-22(32)28(26)33)25-16-20(12-13-34-25)21-11-10-19(15-27(40)43-3)14-24(21)36-30(17)41/h5,7,9-14,16-17,23H,4,6,8,15H2,1-3H3,(H,35,42)(H,36,41)/t17-,23+/m1/s1. The van der Waals surface area contributed by atoms with Crippen molar-refractivity contribution in [2.45, 2.75) is 45.6 Å². The normalized spacial score (nSPS) is 16.7. The van der Waals surface area contributed by atoms with Crippen LogP contribution in [0.2, 0.25) is 5.02 Å². The number of hydrogen-bond acceptors (Lipinski definition) is 7. The van der Waals surface area contributed by atoms with Crippen molar-refractivity contribution < 1.29 is 23.5 Å². The van der Waals surface area contributed by atoms with Crippen LogP contribution in [0.4, 0.5) is 10.1 Å². The van der Waals surface area contributed by atoms with Crippen molar-refractivity contribution in [1.29, 1.82) is 0 Å². The summed E-state index contributed by atoms with van der Waals surface area (Å²) in [5, 5.41) is 14.0. The molecule has 43 heavy (non-hydrogen) atoms. The maximum absolute atomic E-state index is 14.7. The Hall–Kier alpha value is -4.64. The van der Waals surface area contributed by atoms with Gasteiger partial charge in [0.25, 0.3) is 5.91 Å². The quantitative estimate of drug-likeness (QED) is 0.293. The third kappa shape index (κ3) is 6.41. The Morgan fingerprint density at radius 3 is 2.79 bits per heavy atom. The van der Waals surface area contributed by atoms with Crippen LogP contribution in [-0.2, 0) is 20.7 Å². The first kappa shape index (κ1) is 29.8. The van der Waals surface area contributed by atoms with Crippen LogP contribution in [0.3, 0.4) is 0 Å². The molecule has 0 fully saturated rings. The van der Waals surface area contributed by atoms with Gasteiger partial charge in [0.1, 0.15) is 5.69 Å². The van der Waals surface area contributed by atoms with E-state index in [9.17, 15) is 18.8 Å². The molecule has 1 aliphatic heterocycles. The topological polar surface area (TPSA) is 128 Å². The SMILES string of the molecule is COC(=O)Cc1ccc2c(c1)NC(=O)[C@H](C)CCC[C@H](NC(=O)c1nnn(-c3cccc(Cl)c3F)c1C)c1cc-2ccn1. The van der Waals surface area contributed by atoms with Crippen LogP contribution in [-0.4, -0.2) is 44.9 Å². The van der Waals surface area contributed by atoms with E-state index in [1.165, 1.54) is 23.9 Å². The van der Waals surface area contributed by atoms with E-state index in [0.717, 1.165) is 11.1 Å². The number of amides is 2. The Morgan fingerprint density at radius 2 is 2.00 bits per heavy atom. The molecule has 10 nitrogen and oxygen atoms in total. The number of benzene rings is 2. The summed E-state index contributed by atoms with van der Waals surface area (Å²) in [5.41, 5.74) is 3.87. The fraction of sp³-hybridized carbons (Fsp3) is 0.290. The number of methoxy groups -OCH3 is 1. The largest absolute Gasteiger partial charge is 0.469 e. The minimum absolute atomic E-state index is 0.0397. The number of carbonyl (C=O) groups excluding carboxylic acids is 3. The van der Waals surface area contributed by atoms with Crippen molar-refractivity contribution in [2.75, 3.05) is 12.4 Å². The molecule has 222 valence electrons. The molecule has 2 bridgehead atoms. The van der Waals surface area contributed by atoms with Crippen LogP contribution in [0.5, 0.6) is 0 Å². The van der Waals surface area contributed by atoms with Crippen molar-refractivity contribution >= 4 is 35.1 Å². The summed E-state index contributed by atoms with van der Waals surface area (Å²) in [6, 6.07) is 13.1. The number of hydrogen-bond donors (Lipinski definition) is 2. The predicted octanol–water partition coefficient (Wildman–Crippen LogP) is 5.38. The van der Waals surface area contributed by atoms with Gasteiger partial charge < -0.3 is 15.4 Å². The molecule has 2 aromatic heterocycles. The van der Waals surface area contributed by atoms with E-state index in [1.807, 2.05) is 31.2 Å². The molecule has 1 aliphatic rings. The average molecular weight is 605 g/mol. The zero-order chi connectivity index (χ0) is 30.7. The molecule has 0 saturated carbocycles. The summed E-state index contributed by atoms with van der Waals surface area (Å²) >= 11 is 5.94. The number of fused-ring (bicyclic) bond motifs is 4. The Morgan fingerprint density at radius 1 is 1.19 bits per heavy atom. The first-order valence-corrected chi connectivity index (χ1v) is 14.2. The van der Waals surface area contributed by atoms with Crippen LogP contribution in [0.1, 0.15) is 59.7 Å². The molecule has 12 heteroatoms. The lowest BCUT2D eigenvalue weighted by Gasteiger charge is -2.22. The average Bonchev–Trinajstić information content (AvgIpc) is 3.38. The second-order valence-electron chi connectivity index (χ2n) is 10.5. The van der Waals surface area contributed by atoms with Crippen LogP contribution < -0.4 is 10.6 Å². The first-order valence-electron chi connectivity index (χ1n) is 13.8. The van der Waals surface area contributed by atoms with Gasteiger partial charge in [-0.15, -0.1) is 5.10 Å². The highest BCUT2D eigenvalue weighted by atomic mass is 35.5. The molecule has 0 spiro atoms. The number of pyridine rings is 1. The lowest BCUT2D eigenvalue weighted by molar-refractivity contribution is -0.139. The summed E-state index contributed by atoms with van der Waals surface area (Å²) in [6.45, 7) is 3.47. The number of nitrogens with one attached hydrogen (secondary N) is 2. The number of anilines is 1. The third-order valence-electron chi connectivity index (χ3n) is 7.52. The number of nitrogens with zero attached hydrogens (tertiary/aromatic N) is 4. The predicted molar refractivity (Wildman–Crippen MR) is 158 cm³/mol. The number of rotatable bonds is 5. The van der Waals surface area contributed by atoms with Gasteiger partial charge in [-0.2, -0.15) is 0 Å². The zero-order valence-corrected chi connectivity index (χ0v) is 24.6. The van der Waals surface area contributed by atoms with Crippen molar-refractivity contribution in [3.63, 3.8) is 0 Å². The molecular formula is C31H30ClFN6O4. The maximum atomic E-state index is 14.7. The van der Waals surface area contributed by atoms with E-state index in [-0.39, 0.29) is 40.6 Å².